The molecule has 1 fully saturated rings. The first-order valence-corrected chi connectivity index (χ1v) is 10.5. The summed E-state index contributed by atoms with van der Waals surface area (Å²) in [5.41, 5.74) is 0. The molecule has 0 saturated heterocycles. The molecule has 0 bridgehead atoms. The van der Waals surface area contributed by atoms with Crippen LogP contribution in [0.25, 0.3) is 0 Å². The summed E-state index contributed by atoms with van der Waals surface area (Å²) in [7, 11) is -5.01. The van der Waals surface area contributed by atoms with Gasteiger partial charge in [0.1, 0.15) is 12.3 Å². The molecule has 0 unspecified atom stereocenters. The normalized spacial score (nSPS) is 24.4. The Morgan fingerprint density at radius 3 is 1.96 bits per heavy atom. The predicted molar refractivity (Wildman–Crippen MR) is 87.7 cm³/mol. The van der Waals surface area contributed by atoms with Crippen molar-refractivity contribution in [2.45, 2.75) is 58.5 Å². The zero-order chi connectivity index (χ0) is 21.8. The quantitative estimate of drug-likeness (QED) is 0.289. The van der Waals surface area contributed by atoms with Crippen molar-refractivity contribution in [3.63, 3.8) is 0 Å². The molecule has 0 aliphatic heterocycles. The van der Waals surface area contributed by atoms with E-state index in [0.717, 1.165) is 12.8 Å². The Hall–Kier alpha value is -0.800. The lowest BCUT2D eigenvalue weighted by Crippen LogP contribution is -2.36. The van der Waals surface area contributed by atoms with Crippen molar-refractivity contribution in [1.29, 1.82) is 0 Å². The van der Waals surface area contributed by atoms with Crippen molar-refractivity contribution >= 4 is 13.6 Å². The maximum atomic E-state index is 12.3. The van der Waals surface area contributed by atoms with Gasteiger partial charge in [-0.05, 0) is 30.6 Å². The molecule has 28 heavy (non-hydrogen) atoms. The first-order valence-electron chi connectivity index (χ1n) is 8.81. The van der Waals surface area contributed by atoms with Crippen molar-refractivity contribution in [2.75, 3.05) is 19.4 Å². The van der Waals surface area contributed by atoms with Gasteiger partial charge in [-0.25, -0.2) is 0 Å². The van der Waals surface area contributed by atoms with Gasteiger partial charge in [-0.2, -0.15) is 26.3 Å². The minimum Gasteiger partial charge on any atom is -0.462 e. The minimum atomic E-state index is -5.01. The summed E-state index contributed by atoms with van der Waals surface area (Å²) < 4.78 is 99.5. The first kappa shape index (κ1) is 25.2. The second-order valence-electron chi connectivity index (χ2n) is 7.40. The lowest BCUT2D eigenvalue weighted by atomic mass is 9.75. The van der Waals surface area contributed by atoms with Crippen LogP contribution in [-0.4, -0.2) is 43.8 Å². The minimum absolute atomic E-state index is 0.00766. The van der Waals surface area contributed by atoms with Crippen LogP contribution in [-0.2, 0) is 23.1 Å². The predicted octanol–water partition coefficient (Wildman–Crippen LogP) is 5.34. The third kappa shape index (κ3) is 9.60. The molecule has 1 rings (SSSR count). The Balaban J connectivity index is 2.81. The van der Waals surface area contributed by atoms with Crippen molar-refractivity contribution in [3.8, 4) is 0 Å². The monoisotopic (exact) mass is 442 g/mol. The number of ether oxygens (including phenoxy) is 1. The zero-order valence-electron chi connectivity index (χ0n) is 15.8. The van der Waals surface area contributed by atoms with E-state index in [1.54, 1.807) is 0 Å². The summed E-state index contributed by atoms with van der Waals surface area (Å²) in [6.45, 7) is 1.58. The highest BCUT2D eigenvalue weighted by Crippen LogP contribution is 2.50. The highest BCUT2D eigenvalue weighted by Gasteiger charge is 2.41. The molecule has 1 saturated carbocycles. The van der Waals surface area contributed by atoms with E-state index in [-0.39, 0.29) is 17.8 Å². The molecule has 0 aromatic heterocycles. The van der Waals surface area contributed by atoms with Crippen molar-refractivity contribution in [2.24, 2.45) is 17.8 Å². The summed E-state index contributed by atoms with van der Waals surface area (Å²) >= 11 is 0. The Bertz CT molecular complexity index is 541. The molecule has 0 radical (unpaired) electrons. The number of esters is 1. The lowest BCUT2D eigenvalue weighted by molar-refractivity contribution is -0.167. The third-order valence-electron chi connectivity index (χ3n) is 4.42. The Morgan fingerprint density at radius 1 is 1.04 bits per heavy atom. The summed E-state index contributed by atoms with van der Waals surface area (Å²) in [6, 6.07) is 0. The van der Waals surface area contributed by atoms with Gasteiger partial charge >= 0.3 is 25.9 Å². The van der Waals surface area contributed by atoms with Crippen molar-refractivity contribution < 1.29 is 49.5 Å². The van der Waals surface area contributed by atoms with Gasteiger partial charge in [0, 0.05) is 0 Å². The van der Waals surface area contributed by atoms with Crippen LogP contribution >= 0.6 is 7.60 Å². The van der Waals surface area contributed by atoms with E-state index in [1.807, 2.05) is 20.8 Å². The van der Waals surface area contributed by atoms with Crippen molar-refractivity contribution in [3.05, 3.63) is 0 Å². The van der Waals surface area contributed by atoms with Crippen LogP contribution in [0.3, 0.4) is 0 Å². The topological polar surface area (TPSA) is 61.8 Å². The van der Waals surface area contributed by atoms with Gasteiger partial charge in [-0.3, -0.25) is 18.4 Å². The second kappa shape index (κ2) is 9.80. The van der Waals surface area contributed by atoms with Crippen LogP contribution in [0.2, 0.25) is 0 Å². The SMILES string of the molecule is CC(C)[C@@H]1CC[C@@H](C)C[C@H]1OC(=O)CP(=O)(OCC(F)(F)F)OCC(F)(F)F. The number of hydrogen-bond acceptors (Lipinski definition) is 5. The maximum Gasteiger partial charge on any atom is 0.412 e. The largest absolute Gasteiger partial charge is 0.462 e. The van der Waals surface area contributed by atoms with E-state index in [2.05, 4.69) is 9.05 Å². The molecule has 1 aliphatic rings. The zero-order valence-corrected chi connectivity index (χ0v) is 16.7. The standard InChI is InChI=1S/C16H25F6O5P/c1-10(2)12-5-4-11(3)6-13(12)27-14(23)7-28(24,25-8-15(17,18)19)26-9-16(20,21)22/h10-13H,4-9H2,1-3H3/t11-,12+,13-/m1/s1. The average Bonchev–Trinajstić information content (AvgIpc) is 2.49. The van der Waals surface area contributed by atoms with Crippen LogP contribution in [0.5, 0.6) is 0 Å². The number of halogens is 6. The number of carbonyl (C=O) groups is 1. The van der Waals surface area contributed by atoms with Gasteiger partial charge in [0.2, 0.25) is 0 Å². The summed E-state index contributed by atoms with van der Waals surface area (Å²) in [6.07, 6.45) is -9.61. The number of rotatable bonds is 8. The van der Waals surface area contributed by atoms with E-state index in [9.17, 15) is 35.7 Å². The van der Waals surface area contributed by atoms with Crippen LogP contribution in [0.4, 0.5) is 26.3 Å². The molecule has 0 N–H and O–H groups in total. The molecule has 0 amide bonds. The molecule has 0 heterocycles. The van der Waals surface area contributed by atoms with Crippen LogP contribution in [0.1, 0.15) is 40.0 Å². The second-order valence-corrected chi connectivity index (χ2v) is 9.46. The van der Waals surface area contributed by atoms with Crippen LogP contribution in [0.15, 0.2) is 0 Å². The number of alkyl halides is 6. The molecule has 166 valence electrons. The number of carbonyl (C=O) groups excluding carboxylic acids is 1. The molecule has 3 atom stereocenters. The van der Waals surface area contributed by atoms with Crippen LogP contribution in [0, 0.1) is 17.8 Å². The first-order chi connectivity index (χ1) is 12.6. The molecule has 5 nitrogen and oxygen atoms in total. The van der Waals surface area contributed by atoms with Gasteiger partial charge in [0.15, 0.2) is 13.2 Å². The summed E-state index contributed by atoms with van der Waals surface area (Å²) in [4.78, 5) is 12.1. The van der Waals surface area contributed by atoms with Gasteiger partial charge < -0.3 is 4.74 Å². The molecule has 0 spiro atoms. The van der Waals surface area contributed by atoms with Gasteiger partial charge in [-0.1, -0.05) is 27.2 Å². The van der Waals surface area contributed by atoms with Crippen molar-refractivity contribution in [1.82, 2.24) is 0 Å². The summed E-state index contributed by atoms with van der Waals surface area (Å²) in [5.74, 6) is -0.827. The van der Waals surface area contributed by atoms with Crippen LogP contribution < -0.4 is 0 Å². The van der Waals surface area contributed by atoms with E-state index in [0.29, 0.717) is 6.42 Å². The smallest absolute Gasteiger partial charge is 0.412 e. The molecular weight excluding hydrogens is 417 g/mol. The van der Waals surface area contributed by atoms with E-state index >= 15 is 0 Å². The Kier molecular flexibility index (Phi) is 8.83. The molecule has 1 aliphatic carbocycles. The molecule has 12 heteroatoms. The third-order valence-corrected chi connectivity index (χ3v) is 6.11. The highest BCUT2D eigenvalue weighted by molar-refractivity contribution is 7.54. The van der Waals surface area contributed by atoms with E-state index in [4.69, 9.17) is 4.74 Å². The van der Waals surface area contributed by atoms with E-state index < -0.39 is 51.4 Å². The lowest BCUT2D eigenvalue weighted by Gasteiger charge is -2.36. The maximum absolute atomic E-state index is 12.3. The Morgan fingerprint density at radius 2 is 1.54 bits per heavy atom. The highest BCUT2D eigenvalue weighted by atomic mass is 31.2. The molecule has 0 aromatic carbocycles. The Labute approximate surface area is 159 Å². The fraction of sp³-hybridized carbons (Fsp3) is 0.938. The molecule has 0 aromatic rings. The van der Waals surface area contributed by atoms with Gasteiger partial charge in [0.05, 0.1) is 0 Å². The van der Waals surface area contributed by atoms with E-state index in [1.165, 1.54) is 0 Å². The summed E-state index contributed by atoms with van der Waals surface area (Å²) in [5, 5.41) is 0. The molecular formula is C16H25F6O5P. The van der Waals surface area contributed by atoms with Gasteiger partial charge in [-0.15, -0.1) is 0 Å². The average molecular weight is 442 g/mol. The fourth-order valence-electron chi connectivity index (χ4n) is 3.09. The fourth-order valence-corrected chi connectivity index (χ4v) is 4.42. The van der Waals surface area contributed by atoms with Gasteiger partial charge in [0.25, 0.3) is 0 Å². The number of hydrogen-bond donors (Lipinski definition) is 0.